The molecule has 0 bridgehead atoms. The summed E-state index contributed by atoms with van der Waals surface area (Å²) < 4.78 is 0. The summed E-state index contributed by atoms with van der Waals surface area (Å²) in [5, 5.41) is 6.76. The Bertz CT molecular complexity index is 492. The number of rotatable bonds is 3. The summed E-state index contributed by atoms with van der Waals surface area (Å²) in [5.74, 6) is 1.70. The highest BCUT2D eigenvalue weighted by Gasteiger charge is 2.21. The first-order valence-electron chi connectivity index (χ1n) is 4.97. The zero-order valence-electron chi connectivity index (χ0n) is 8.03. The Labute approximate surface area is 96.5 Å². The van der Waals surface area contributed by atoms with Gasteiger partial charge in [-0.15, -0.1) is 11.3 Å². The van der Waals surface area contributed by atoms with E-state index in [1.165, 1.54) is 12.8 Å². The molecule has 0 atom stereocenters. The van der Waals surface area contributed by atoms with E-state index in [-0.39, 0.29) is 0 Å². The predicted molar refractivity (Wildman–Crippen MR) is 63.6 cm³/mol. The molecule has 0 amide bonds. The van der Waals surface area contributed by atoms with E-state index in [0.717, 1.165) is 28.5 Å². The second kappa shape index (κ2) is 3.61. The summed E-state index contributed by atoms with van der Waals surface area (Å²) in [6.07, 6.45) is 2.66. The van der Waals surface area contributed by atoms with Crippen molar-refractivity contribution in [2.45, 2.75) is 12.8 Å². The number of hydrogen-bond donors (Lipinski definition) is 1. The molecule has 0 saturated heterocycles. The van der Waals surface area contributed by atoms with E-state index in [2.05, 4.69) is 15.3 Å². The van der Waals surface area contributed by atoms with Gasteiger partial charge in [-0.05, 0) is 41.8 Å². The van der Waals surface area contributed by atoms with Gasteiger partial charge >= 0.3 is 0 Å². The molecule has 1 aliphatic carbocycles. The lowest BCUT2D eigenvalue weighted by Gasteiger charge is -2.05. The maximum Gasteiger partial charge on any atom is 0.225 e. The highest BCUT2D eigenvalue weighted by atomic mass is 35.5. The van der Waals surface area contributed by atoms with Crippen molar-refractivity contribution in [1.29, 1.82) is 0 Å². The van der Waals surface area contributed by atoms with Crippen LogP contribution in [0.4, 0.5) is 5.82 Å². The van der Waals surface area contributed by atoms with Crippen LogP contribution in [0.2, 0.25) is 5.28 Å². The molecular formula is C10H10ClN3S. The van der Waals surface area contributed by atoms with Crippen LogP contribution in [0.3, 0.4) is 0 Å². The second-order valence-electron chi connectivity index (χ2n) is 3.80. The summed E-state index contributed by atoms with van der Waals surface area (Å²) in [5.41, 5.74) is 0. The van der Waals surface area contributed by atoms with Crippen LogP contribution < -0.4 is 5.32 Å². The first kappa shape index (κ1) is 9.36. The molecule has 15 heavy (non-hydrogen) atoms. The van der Waals surface area contributed by atoms with Crippen LogP contribution in [0, 0.1) is 5.92 Å². The zero-order chi connectivity index (χ0) is 10.3. The number of anilines is 1. The fourth-order valence-electron chi connectivity index (χ4n) is 1.53. The minimum Gasteiger partial charge on any atom is -0.369 e. The molecule has 0 spiro atoms. The van der Waals surface area contributed by atoms with Crippen LogP contribution in [-0.4, -0.2) is 16.5 Å². The minimum absolute atomic E-state index is 0.322. The fraction of sp³-hybridized carbons (Fsp3) is 0.400. The van der Waals surface area contributed by atoms with Crippen molar-refractivity contribution in [3.05, 3.63) is 16.7 Å². The van der Waals surface area contributed by atoms with E-state index in [4.69, 9.17) is 11.6 Å². The van der Waals surface area contributed by atoms with E-state index in [0.29, 0.717) is 5.28 Å². The van der Waals surface area contributed by atoms with Gasteiger partial charge in [0, 0.05) is 6.54 Å². The first-order chi connectivity index (χ1) is 7.33. The topological polar surface area (TPSA) is 37.8 Å². The maximum absolute atomic E-state index is 5.86. The Hall–Kier alpha value is -0.870. The monoisotopic (exact) mass is 239 g/mol. The van der Waals surface area contributed by atoms with Crippen molar-refractivity contribution >= 4 is 39.0 Å². The third-order valence-electron chi connectivity index (χ3n) is 2.55. The number of hydrogen-bond acceptors (Lipinski definition) is 4. The van der Waals surface area contributed by atoms with Gasteiger partial charge in [0.25, 0.3) is 0 Å². The Morgan fingerprint density at radius 2 is 2.33 bits per heavy atom. The number of nitrogens with one attached hydrogen (secondary N) is 1. The quantitative estimate of drug-likeness (QED) is 0.837. The number of fused-ring (bicyclic) bond motifs is 1. The highest BCUT2D eigenvalue weighted by Crippen LogP contribution is 2.31. The Balaban J connectivity index is 1.95. The van der Waals surface area contributed by atoms with Gasteiger partial charge in [-0.25, -0.2) is 9.97 Å². The van der Waals surface area contributed by atoms with Crippen molar-refractivity contribution in [2.24, 2.45) is 5.92 Å². The summed E-state index contributed by atoms with van der Waals surface area (Å²) in [6, 6.07) is 2.03. The zero-order valence-corrected chi connectivity index (χ0v) is 9.61. The van der Waals surface area contributed by atoms with Gasteiger partial charge in [-0.1, -0.05) is 0 Å². The number of nitrogens with zero attached hydrogens (tertiary/aromatic N) is 2. The molecule has 1 aliphatic rings. The molecule has 0 aromatic carbocycles. The molecule has 1 saturated carbocycles. The molecule has 3 rings (SSSR count). The lowest BCUT2D eigenvalue weighted by atomic mass is 10.3. The second-order valence-corrected chi connectivity index (χ2v) is 5.04. The van der Waals surface area contributed by atoms with E-state index in [9.17, 15) is 0 Å². The Morgan fingerprint density at radius 1 is 1.47 bits per heavy atom. The molecule has 0 radical (unpaired) electrons. The molecule has 3 nitrogen and oxygen atoms in total. The normalized spacial score (nSPS) is 15.8. The lowest BCUT2D eigenvalue weighted by Crippen LogP contribution is -2.05. The summed E-state index contributed by atoms with van der Waals surface area (Å²) in [4.78, 5) is 9.35. The number of thiophene rings is 1. The highest BCUT2D eigenvalue weighted by molar-refractivity contribution is 7.16. The SMILES string of the molecule is Clc1nc(NCC2CC2)c2ccsc2n1. The molecule has 0 unspecified atom stereocenters. The van der Waals surface area contributed by atoms with Crippen molar-refractivity contribution < 1.29 is 0 Å². The number of halogens is 1. The van der Waals surface area contributed by atoms with Crippen molar-refractivity contribution in [3.63, 3.8) is 0 Å². The van der Waals surface area contributed by atoms with Gasteiger partial charge in [0.1, 0.15) is 10.6 Å². The van der Waals surface area contributed by atoms with E-state index in [1.54, 1.807) is 11.3 Å². The average molecular weight is 240 g/mol. The van der Waals surface area contributed by atoms with Gasteiger partial charge in [0.05, 0.1) is 5.39 Å². The molecule has 1 N–H and O–H groups in total. The summed E-state index contributed by atoms with van der Waals surface area (Å²) in [6.45, 7) is 0.998. The van der Waals surface area contributed by atoms with E-state index < -0.39 is 0 Å². The first-order valence-corrected chi connectivity index (χ1v) is 6.23. The summed E-state index contributed by atoms with van der Waals surface area (Å²) >= 11 is 7.45. The molecular weight excluding hydrogens is 230 g/mol. The Morgan fingerprint density at radius 3 is 3.13 bits per heavy atom. The van der Waals surface area contributed by atoms with Crippen molar-refractivity contribution in [2.75, 3.05) is 11.9 Å². The minimum atomic E-state index is 0.322. The predicted octanol–water partition coefficient (Wildman–Crippen LogP) is 3.17. The molecule has 1 fully saturated rings. The third kappa shape index (κ3) is 1.92. The van der Waals surface area contributed by atoms with Crippen LogP contribution >= 0.6 is 22.9 Å². The third-order valence-corrected chi connectivity index (χ3v) is 3.53. The van der Waals surface area contributed by atoms with Crippen LogP contribution in [0.25, 0.3) is 10.2 Å². The van der Waals surface area contributed by atoms with Gasteiger partial charge in [-0.2, -0.15) is 0 Å². The average Bonchev–Trinajstić information content (AvgIpc) is 2.92. The molecule has 5 heteroatoms. The van der Waals surface area contributed by atoms with Gasteiger partial charge < -0.3 is 5.32 Å². The molecule has 2 aromatic heterocycles. The lowest BCUT2D eigenvalue weighted by molar-refractivity contribution is 0.884. The largest absolute Gasteiger partial charge is 0.369 e. The fourth-order valence-corrected chi connectivity index (χ4v) is 2.51. The van der Waals surface area contributed by atoms with Crippen LogP contribution in [-0.2, 0) is 0 Å². The van der Waals surface area contributed by atoms with Gasteiger partial charge in [0.2, 0.25) is 5.28 Å². The van der Waals surface area contributed by atoms with Gasteiger partial charge in [0.15, 0.2) is 0 Å². The number of aromatic nitrogens is 2. The molecule has 0 aliphatic heterocycles. The maximum atomic E-state index is 5.86. The molecule has 2 heterocycles. The van der Waals surface area contributed by atoms with Crippen LogP contribution in [0.5, 0.6) is 0 Å². The molecule has 78 valence electrons. The van der Waals surface area contributed by atoms with E-state index >= 15 is 0 Å². The molecule has 2 aromatic rings. The Kier molecular flexibility index (Phi) is 2.25. The van der Waals surface area contributed by atoms with Crippen LogP contribution in [0.15, 0.2) is 11.4 Å². The van der Waals surface area contributed by atoms with Crippen molar-refractivity contribution in [1.82, 2.24) is 9.97 Å². The van der Waals surface area contributed by atoms with Crippen LogP contribution in [0.1, 0.15) is 12.8 Å². The summed E-state index contributed by atoms with van der Waals surface area (Å²) in [7, 11) is 0. The van der Waals surface area contributed by atoms with E-state index in [1.807, 2.05) is 11.4 Å². The smallest absolute Gasteiger partial charge is 0.225 e. The van der Waals surface area contributed by atoms with Gasteiger partial charge in [-0.3, -0.25) is 0 Å². The van der Waals surface area contributed by atoms with Crippen molar-refractivity contribution in [3.8, 4) is 0 Å². The standard InChI is InChI=1S/C10H10ClN3S/c11-10-13-8(12-5-6-1-2-6)7-3-4-15-9(7)14-10/h3-4,6H,1-2,5H2,(H,12,13,14).